The molecule has 0 bridgehead atoms. The number of ether oxygens (including phenoxy) is 4. The van der Waals surface area contributed by atoms with Crippen LogP contribution in [0.4, 0.5) is 0 Å². The Bertz CT molecular complexity index is 1630. The molecule has 1 aliphatic rings. The Labute approximate surface area is 630 Å². The third-order valence-corrected chi connectivity index (χ3v) is 22.9. The van der Waals surface area contributed by atoms with E-state index in [1.165, 1.54) is 392 Å². The minimum Gasteiger partial charge on any atom is -0.465 e. The summed E-state index contributed by atoms with van der Waals surface area (Å²) in [6.45, 7) is 8.21. The molecule has 0 N–H and O–H groups in total. The van der Waals surface area contributed by atoms with Gasteiger partial charge < -0.3 is 18.9 Å². The van der Waals surface area contributed by atoms with Crippen LogP contribution in [-0.2, 0) is 38.1 Å². The first-order valence-electron chi connectivity index (χ1n) is 46.4. The lowest BCUT2D eigenvalue weighted by atomic mass is 9.91. The maximum Gasteiger partial charge on any atom is 0.308 e. The van der Waals surface area contributed by atoms with Crippen LogP contribution in [0.2, 0.25) is 0 Å². The maximum absolute atomic E-state index is 14.6. The minimum atomic E-state index is -1.24. The van der Waals surface area contributed by atoms with Crippen LogP contribution >= 0.6 is 0 Å². The molecule has 1 rings (SSSR count). The zero-order chi connectivity index (χ0) is 72.8. The molecule has 0 spiro atoms. The quantitative estimate of drug-likeness (QED) is 0.0337. The van der Waals surface area contributed by atoms with E-state index in [9.17, 15) is 19.2 Å². The number of hydrogen-bond acceptors (Lipinski definition) is 8. The van der Waals surface area contributed by atoms with E-state index >= 15 is 0 Å². The van der Waals surface area contributed by atoms with Crippen molar-refractivity contribution in [3.05, 3.63) is 0 Å². The summed E-state index contributed by atoms with van der Waals surface area (Å²) in [4.78, 5) is 56.2. The fourth-order valence-corrected chi connectivity index (χ4v) is 15.5. The molecule has 1 atom stereocenters. The van der Waals surface area contributed by atoms with Crippen molar-refractivity contribution in [2.75, 3.05) is 26.4 Å². The van der Waals surface area contributed by atoms with Crippen molar-refractivity contribution >= 4 is 23.9 Å². The molecule has 0 radical (unpaired) electrons. The first-order chi connectivity index (χ1) is 49.8. The van der Waals surface area contributed by atoms with Gasteiger partial charge in [0.25, 0.3) is 0 Å². The van der Waals surface area contributed by atoms with Gasteiger partial charge in [-0.1, -0.05) is 484 Å². The van der Waals surface area contributed by atoms with Gasteiger partial charge in [-0.3, -0.25) is 19.2 Å². The molecule has 0 amide bonds. The predicted octanol–water partition coefficient (Wildman–Crippen LogP) is 30.9. The van der Waals surface area contributed by atoms with Crippen LogP contribution in [-0.4, -0.2) is 50.3 Å². The summed E-state index contributed by atoms with van der Waals surface area (Å²) in [7, 11) is 0. The van der Waals surface area contributed by atoms with Crippen LogP contribution in [0.25, 0.3) is 0 Å². The number of esters is 4. The maximum atomic E-state index is 14.6. The Hall–Kier alpha value is -2.12. The van der Waals surface area contributed by atoms with Crippen LogP contribution in [0, 0.1) is 17.3 Å². The molecule has 0 aromatic rings. The van der Waals surface area contributed by atoms with Crippen molar-refractivity contribution in [2.45, 2.75) is 529 Å². The molecule has 0 heterocycles. The number of carbonyl (C=O) groups is 4. The molecular formula is C93H178O8. The molecular weight excluding hydrogens is 1250 g/mol. The first-order valence-corrected chi connectivity index (χ1v) is 46.4. The van der Waals surface area contributed by atoms with Gasteiger partial charge in [0, 0.05) is 12.8 Å². The summed E-state index contributed by atoms with van der Waals surface area (Å²) in [6.07, 6.45) is 97.1. The largest absolute Gasteiger partial charge is 0.465 e. The van der Waals surface area contributed by atoms with Gasteiger partial charge in [-0.25, -0.2) is 0 Å². The molecule has 0 aliphatic heterocycles. The molecule has 0 aromatic carbocycles. The van der Waals surface area contributed by atoms with Gasteiger partial charge in [-0.05, 0) is 32.1 Å². The van der Waals surface area contributed by atoms with Gasteiger partial charge in [0.2, 0.25) is 0 Å². The number of unbranched alkanes of at least 4 members (excludes halogenated alkanes) is 52. The van der Waals surface area contributed by atoms with Gasteiger partial charge in [-0.15, -0.1) is 0 Å². The third kappa shape index (κ3) is 69.4. The smallest absolute Gasteiger partial charge is 0.308 e. The van der Waals surface area contributed by atoms with Gasteiger partial charge >= 0.3 is 23.9 Å². The number of rotatable bonds is 68. The average Bonchev–Trinajstić information content (AvgIpc) is 0.851. The van der Waals surface area contributed by atoms with Crippen molar-refractivity contribution < 1.29 is 38.1 Å². The molecule has 598 valence electrons. The average molecular weight is 1420 g/mol. The summed E-state index contributed by atoms with van der Waals surface area (Å²) in [5.74, 6) is -1.70. The van der Waals surface area contributed by atoms with Gasteiger partial charge in [0.05, 0.1) is 11.8 Å². The highest BCUT2D eigenvalue weighted by molar-refractivity contribution is 5.73. The number of hydrogen-bond donors (Lipinski definition) is 0. The Kier molecular flexibility index (Phi) is 75.7. The molecule has 101 heavy (non-hydrogen) atoms. The van der Waals surface area contributed by atoms with Crippen molar-refractivity contribution in [3.8, 4) is 0 Å². The lowest BCUT2D eigenvalue weighted by Gasteiger charge is -2.32. The summed E-state index contributed by atoms with van der Waals surface area (Å²) in [5.41, 5.74) is -1.24. The lowest BCUT2D eigenvalue weighted by Crippen LogP contribution is -2.44. The normalized spacial score (nSPS) is 14.9. The highest BCUT2D eigenvalue weighted by atomic mass is 16.6. The fourth-order valence-electron chi connectivity index (χ4n) is 15.5. The topological polar surface area (TPSA) is 105 Å². The minimum absolute atomic E-state index is 0.151. The van der Waals surface area contributed by atoms with E-state index in [-0.39, 0.29) is 62.1 Å². The van der Waals surface area contributed by atoms with E-state index in [0.29, 0.717) is 12.8 Å². The highest BCUT2D eigenvalue weighted by Gasteiger charge is 2.39. The summed E-state index contributed by atoms with van der Waals surface area (Å²) in [6, 6.07) is 0. The van der Waals surface area contributed by atoms with E-state index in [2.05, 4.69) is 20.8 Å². The van der Waals surface area contributed by atoms with E-state index in [0.717, 1.165) is 96.3 Å². The standard InChI is InChI=1S/C93H178O8/c1-5-8-11-14-17-20-23-26-29-32-34-41-46-51-56-61-66-71-76-81-89(94)98-83-93(84-99-90(95)82-77-72-67-62-57-52-47-42-35-33-30-27-24-21-18-15-12-9-6-2,85-100-91(96)87(4)78-73-68-63-58-53-48-43-38-31-28-25-22-19-16-13-10-7-3)86-101-92(97)88-79-74-69-64-59-54-49-44-39-36-37-40-45-50-55-60-65-70-75-80-88/h87-88H,5-86H2,1-4H3. The second kappa shape index (κ2) is 78.9. The van der Waals surface area contributed by atoms with Gasteiger partial charge in [0.1, 0.15) is 31.8 Å². The zero-order valence-corrected chi connectivity index (χ0v) is 68.9. The Morgan fingerprint density at radius 3 is 0.703 bits per heavy atom. The SMILES string of the molecule is CCCCCCCCCCCCCCCCCCCCCC(=O)OCC(COC(=O)CCCCCCCCCCCCCCCCCCCCC)(COC(=O)C(C)CCCCCCCCCCCCCCCCCCC)COC(=O)C1CCCCCCCCCCCCCCCCCCCC1. The van der Waals surface area contributed by atoms with Crippen molar-refractivity contribution in [2.24, 2.45) is 17.3 Å². The third-order valence-electron chi connectivity index (χ3n) is 22.9. The predicted molar refractivity (Wildman–Crippen MR) is 436 cm³/mol. The zero-order valence-electron chi connectivity index (χ0n) is 68.9. The Morgan fingerprint density at radius 2 is 0.455 bits per heavy atom. The number of carbonyl (C=O) groups excluding carboxylic acids is 4. The van der Waals surface area contributed by atoms with Crippen LogP contribution in [0.3, 0.4) is 0 Å². The van der Waals surface area contributed by atoms with E-state index in [4.69, 9.17) is 18.9 Å². The van der Waals surface area contributed by atoms with E-state index in [1.807, 2.05) is 6.92 Å². The van der Waals surface area contributed by atoms with Crippen molar-refractivity contribution in [1.82, 2.24) is 0 Å². The van der Waals surface area contributed by atoms with Crippen LogP contribution in [0.15, 0.2) is 0 Å². The molecule has 8 heteroatoms. The summed E-state index contributed by atoms with van der Waals surface area (Å²) in [5, 5.41) is 0. The fraction of sp³-hybridized carbons (Fsp3) is 0.957. The van der Waals surface area contributed by atoms with Gasteiger partial charge in [0.15, 0.2) is 0 Å². The molecule has 1 unspecified atom stereocenters. The van der Waals surface area contributed by atoms with Crippen LogP contribution < -0.4 is 0 Å². The Balaban J connectivity index is 3.03. The second-order valence-electron chi connectivity index (χ2n) is 33.2. The summed E-state index contributed by atoms with van der Waals surface area (Å²) >= 11 is 0. The molecule has 0 saturated heterocycles. The first kappa shape index (κ1) is 96.9. The molecule has 0 aromatic heterocycles. The highest BCUT2D eigenvalue weighted by Crippen LogP contribution is 2.29. The lowest BCUT2D eigenvalue weighted by molar-refractivity contribution is -0.173. The monoisotopic (exact) mass is 1420 g/mol. The van der Waals surface area contributed by atoms with E-state index in [1.54, 1.807) is 0 Å². The molecule has 1 aliphatic carbocycles. The van der Waals surface area contributed by atoms with Crippen LogP contribution in [0.5, 0.6) is 0 Å². The van der Waals surface area contributed by atoms with Gasteiger partial charge in [-0.2, -0.15) is 0 Å². The Morgan fingerprint density at radius 1 is 0.257 bits per heavy atom. The molecule has 8 nitrogen and oxygen atoms in total. The van der Waals surface area contributed by atoms with Crippen LogP contribution in [0.1, 0.15) is 529 Å². The molecule has 1 fully saturated rings. The molecule has 1 saturated carbocycles. The van der Waals surface area contributed by atoms with E-state index < -0.39 is 5.41 Å². The summed E-state index contributed by atoms with van der Waals surface area (Å²) < 4.78 is 25.1. The van der Waals surface area contributed by atoms with Crippen molar-refractivity contribution in [3.63, 3.8) is 0 Å². The second-order valence-corrected chi connectivity index (χ2v) is 33.2. The van der Waals surface area contributed by atoms with Crippen molar-refractivity contribution in [1.29, 1.82) is 0 Å².